The number of nitrogens with one attached hydrogen (secondary N) is 1. The zero-order chi connectivity index (χ0) is 14.3. The van der Waals surface area contributed by atoms with Gasteiger partial charge in [0.1, 0.15) is 0 Å². The minimum absolute atomic E-state index is 0.188. The molecule has 0 unspecified atom stereocenters. The van der Waals surface area contributed by atoms with Gasteiger partial charge in [-0.2, -0.15) is 0 Å². The fourth-order valence-corrected chi connectivity index (χ4v) is 2.54. The van der Waals surface area contributed by atoms with E-state index in [1.807, 2.05) is 36.4 Å². The summed E-state index contributed by atoms with van der Waals surface area (Å²) in [5.74, 6) is 0. The van der Waals surface area contributed by atoms with Crippen LogP contribution >= 0.6 is 0 Å². The van der Waals surface area contributed by atoms with Gasteiger partial charge >= 0.3 is 0 Å². The Morgan fingerprint density at radius 2 is 1.30 bits per heavy atom. The maximum atomic E-state index is 3.92. The molecule has 2 aromatic carbocycles. The Morgan fingerprint density at radius 1 is 0.800 bits per heavy atom. The van der Waals surface area contributed by atoms with Crippen molar-refractivity contribution < 1.29 is 0 Å². The molecule has 0 radical (unpaired) electrons. The molecule has 0 atom stereocenters. The van der Waals surface area contributed by atoms with Crippen molar-refractivity contribution in [2.24, 2.45) is 0 Å². The minimum atomic E-state index is -0.188. The second kappa shape index (κ2) is 6.76. The van der Waals surface area contributed by atoms with E-state index in [2.05, 4.69) is 54.9 Å². The summed E-state index contributed by atoms with van der Waals surface area (Å²) in [5.41, 5.74) is 2.18. The molecule has 20 heavy (non-hydrogen) atoms. The van der Waals surface area contributed by atoms with Crippen molar-refractivity contribution in [2.75, 3.05) is 5.32 Å². The molecule has 0 aliphatic rings. The third-order valence-electron chi connectivity index (χ3n) is 3.47. The molecule has 1 heteroatoms. The first-order valence-electron chi connectivity index (χ1n) is 6.91. The van der Waals surface area contributed by atoms with Gasteiger partial charge in [-0.15, -0.1) is 13.2 Å². The van der Waals surface area contributed by atoms with Crippen molar-refractivity contribution >= 4 is 5.69 Å². The molecule has 0 saturated carbocycles. The molecule has 1 N–H and O–H groups in total. The first-order chi connectivity index (χ1) is 9.80. The molecule has 0 bridgehead atoms. The summed E-state index contributed by atoms with van der Waals surface area (Å²) in [7, 11) is 0. The van der Waals surface area contributed by atoms with Gasteiger partial charge in [-0.05, 0) is 30.5 Å². The summed E-state index contributed by atoms with van der Waals surface area (Å²) in [5, 5.41) is 3.67. The molecular formula is C19H21N. The molecule has 0 aromatic heterocycles. The fraction of sp³-hybridized carbons (Fsp3) is 0.158. The van der Waals surface area contributed by atoms with Crippen LogP contribution in [0.3, 0.4) is 0 Å². The summed E-state index contributed by atoms with van der Waals surface area (Å²) in [6.07, 6.45) is 5.62. The van der Waals surface area contributed by atoms with Gasteiger partial charge in [0.2, 0.25) is 0 Å². The lowest BCUT2D eigenvalue weighted by Crippen LogP contribution is -2.34. The van der Waals surface area contributed by atoms with E-state index < -0.39 is 0 Å². The van der Waals surface area contributed by atoms with Crippen LogP contribution in [0.4, 0.5) is 5.69 Å². The van der Waals surface area contributed by atoms with Gasteiger partial charge in [-0.3, -0.25) is 0 Å². The van der Waals surface area contributed by atoms with E-state index in [1.165, 1.54) is 5.56 Å². The second-order valence-electron chi connectivity index (χ2n) is 4.92. The lowest BCUT2D eigenvalue weighted by Gasteiger charge is -2.35. The van der Waals surface area contributed by atoms with E-state index in [0.717, 1.165) is 18.5 Å². The van der Waals surface area contributed by atoms with Gasteiger partial charge in [-0.25, -0.2) is 0 Å². The predicted octanol–water partition coefficient (Wildman–Crippen LogP) is 5.15. The van der Waals surface area contributed by atoms with E-state index in [1.54, 1.807) is 0 Å². The molecular weight excluding hydrogens is 242 g/mol. The minimum Gasteiger partial charge on any atom is -0.375 e. The van der Waals surface area contributed by atoms with Crippen molar-refractivity contribution in [2.45, 2.75) is 18.4 Å². The van der Waals surface area contributed by atoms with Crippen LogP contribution in [0.1, 0.15) is 18.4 Å². The third-order valence-corrected chi connectivity index (χ3v) is 3.47. The molecule has 1 nitrogen and oxygen atoms in total. The Hall–Kier alpha value is -2.28. The highest BCUT2D eigenvalue weighted by Gasteiger charge is 2.29. The Morgan fingerprint density at radius 3 is 1.80 bits per heavy atom. The first-order valence-corrected chi connectivity index (χ1v) is 6.91. The Bertz CT molecular complexity index is 532. The number of hydrogen-bond donors (Lipinski definition) is 1. The first kappa shape index (κ1) is 14.1. The molecule has 102 valence electrons. The van der Waals surface area contributed by atoms with Crippen LogP contribution in [0.15, 0.2) is 86.0 Å². The zero-order valence-corrected chi connectivity index (χ0v) is 11.8. The van der Waals surface area contributed by atoms with Gasteiger partial charge in [0.05, 0.1) is 5.54 Å². The maximum Gasteiger partial charge on any atom is 0.0693 e. The summed E-state index contributed by atoms with van der Waals surface area (Å²) in [4.78, 5) is 0. The summed E-state index contributed by atoms with van der Waals surface area (Å²) >= 11 is 0. The van der Waals surface area contributed by atoms with E-state index in [-0.39, 0.29) is 5.54 Å². The highest BCUT2D eigenvalue weighted by molar-refractivity contribution is 5.48. The largest absolute Gasteiger partial charge is 0.375 e. The average molecular weight is 263 g/mol. The van der Waals surface area contributed by atoms with E-state index in [4.69, 9.17) is 0 Å². The van der Waals surface area contributed by atoms with E-state index in [9.17, 15) is 0 Å². The summed E-state index contributed by atoms with van der Waals surface area (Å²) in [6.45, 7) is 7.84. The second-order valence-corrected chi connectivity index (χ2v) is 4.92. The van der Waals surface area contributed by atoms with E-state index in [0.29, 0.717) is 0 Å². The highest BCUT2D eigenvalue weighted by atomic mass is 15.0. The molecule has 0 amide bonds. The lowest BCUT2D eigenvalue weighted by atomic mass is 9.83. The van der Waals surface area contributed by atoms with Crippen molar-refractivity contribution in [3.8, 4) is 0 Å². The SMILES string of the molecule is C=CCC(CC=C)(Nc1ccccc1)c1ccccc1. The highest BCUT2D eigenvalue weighted by Crippen LogP contribution is 2.33. The van der Waals surface area contributed by atoms with Gasteiger partial charge < -0.3 is 5.32 Å². The zero-order valence-electron chi connectivity index (χ0n) is 11.8. The van der Waals surface area contributed by atoms with Crippen LogP contribution in [-0.2, 0) is 5.54 Å². The molecule has 0 heterocycles. The smallest absolute Gasteiger partial charge is 0.0693 e. The normalized spacial score (nSPS) is 10.8. The van der Waals surface area contributed by atoms with Gasteiger partial charge in [-0.1, -0.05) is 60.7 Å². The van der Waals surface area contributed by atoms with Gasteiger partial charge in [0.15, 0.2) is 0 Å². The van der Waals surface area contributed by atoms with Crippen molar-refractivity contribution in [3.63, 3.8) is 0 Å². The number of para-hydroxylation sites is 1. The van der Waals surface area contributed by atoms with Gasteiger partial charge in [0.25, 0.3) is 0 Å². The van der Waals surface area contributed by atoms with Crippen LogP contribution in [0.25, 0.3) is 0 Å². The van der Waals surface area contributed by atoms with Crippen LogP contribution in [-0.4, -0.2) is 0 Å². The quantitative estimate of drug-likeness (QED) is 0.681. The molecule has 0 aliphatic carbocycles. The summed E-state index contributed by atoms with van der Waals surface area (Å²) in [6, 6.07) is 20.8. The standard InChI is InChI=1S/C19H21N/c1-3-15-19(16-4-2,17-11-7-5-8-12-17)20-18-13-9-6-10-14-18/h3-14,20H,1-2,15-16H2. The van der Waals surface area contributed by atoms with E-state index >= 15 is 0 Å². The molecule has 2 aromatic rings. The topological polar surface area (TPSA) is 12.0 Å². The number of anilines is 1. The maximum absolute atomic E-state index is 3.92. The molecule has 0 fully saturated rings. The van der Waals surface area contributed by atoms with Crippen LogP contribution in [0.5, 0.6) is 0 Å². The van der Waals surface area contributed by atoms with Crippen LogP contribution < -0.4 is 5.32 Å². The molecule has 0 saturated heterocycles. The average Bonchev–Trinajstić information content (AvgIpc) is 2.49. The monoisotopic (exact) mass is 263 g/mol. The number of rotatable bonds is 7. The van der Waals surface area contributed by atoms with Gasteiger partial charge in [0, 0.05) is 5.69 Å². The molecule has 0 aliphatic heterocycles. The Labute approximate surface area is 121 Å². The Kier molecular flexibility index (Phi) is 4.78. The predicted molar refractivity (Wildman–Crippen MR) is 87.8 cm³/mol. The molecule has 0 spiro atoms. The van der Waals surface area contributed by atoms with Crippen molar-refractivity contribution in [3.05, 3.63) is 91.5 Å². The lowest BCUT2D eigenvalue weighted by molar-refractivity contribution is 0.503. The number of benzene rings is 2. The van der Waals surface area contributed by atoms with Crippen LogP contribution in [0.2, 0.25) is 0 Å². The van der Waals surface area contributed by atoms with Crippen LogP contribution in [0, 0.1) is 0 Å². The number of hydrogen-bond acceptors (Lipinski definition) is 1. The summed E-state index contributed by atoms with van der Waals surface area (Å²) < 4.78 is 0. The van der Waals surface area contributed by atoms with Crippen molar-refractivity contribution in [1.29, 1.82) is 0 Å². The Balaban J connectivity index is 2.41. The third kappa shape index (κ3) is 3.18. The molecule has 2 rings (SSSR count). The van der Waals surface area contributed by atoms with Crippen molar-refractivity contribution in [1.82, 2.24) is 0 Å². The fourth-order valence-electron chi connectivity index (χ4n) is 2.54.